The van der Waals surface area contributed by atoms with Crippen LogP contribution >= 0.6 is 23.4 Å². The van der Waals surface area contributed by atoms with E-state index in [0.717, 1.165) is 21.7 Å². The number of ether oxygens (including phenoxy) is 2. The van der Waals surface area contributed by atoms with Gasteiger partial charge in [-0.2, -0.15) is 0 Å². The Hall–Kier alpha value is -2.43. The zero-order valence-corrected chi connectivity index (χ0v) is 15.1. The topological polar surface area (TPSA) is 35.5 Å². The van der Waals surface area contributed by atoms with Crippen molar-refractivity contribution in [2.45, 2.75) is 4.90 Å². The van der Waals surface area contributed by atoms with Crippen LogP contribution in [-0.4, -0.2) is 12.2 Å². The van der Waals surface area contributed by atoms with Crippen LogP contribution in [0.2, 0.25) is 5.02 Å². The van der Waals surface area contributed by atoms with Gasteiger partial charge in [-0.05, 0) is 42.7 Å². The molecule has 5 heteroatoms. The first-order chi connectivity index (χ1) is 12.1. The lowest BCUT2D eigenvalue weighted by molar-refractivity contribution is -0.129. The number of hydrogen-bond acceptors (Lipinski definition) is 4. The molecule has 0 aliphatic heterocycles. The van der Waals surface area contributed by atoms with Crippen LogP contribution in [0.3, 0.4) is 0 Å². The van der Waals surface area contributed by atoms with Gasteiger partial charge in [0.2, 0.25) is 0 Å². The highest BCUT2D eigenvalue weighted by molar-refractivity contribution is 7.98. The molecule has 3 aromatic carbocycles. The van der Waals surface area contributed by atoms with Gasteiger partial charge in [-0.15, -0.1) is 11.8 Å². The van der Waals surface area contributed by atoms with Crippen LogP contribution in [0.25, 0.3) is 10.8 Å². The van der Waals surface area contributed by atoms with Crippen LogP contribution < -0.4 is 9.47 Å². The van der Waals surface area contributed by atoms with E-state index >= 15 is 0 Å². The van der Waals surface area contributed by atoms with Gasteiger partial charge in [0.05, 0.1) is 4.90 Å². The number of hydrogen-bond donors (Lipinski definition) is 0. The predicted molar refractivity (Wildman–Crippen MR) is 103 cm³/mol. The van der Waals surface area contributed by atoms with Gasteiger partial charge in [0.25, 0.3) is 0 Å². The van der Waals surface area contributed by atoms with E-state index in [1.165, 1.54) is 11.8 Å². The molecule has 3 rings (SSSR count). The molecule has 0 bridgehead atoms. The Morgan fingerprint density at radius 1 is 1.12 bits per heavy atom. The lowest BCUT2D eigenvalue weighted by Gasteiger charge is -2.15. The highest BCUT2D eigenvalue weighted by Gasteiger charge is 2.17. The van der Waals surface area contributed by atoms with E-state index in [9.17, 15) is 4.79 Å². The first kappa shape index (κ1) is 17.4. The SMILES string of the molecule is C=CC(=O)Oc1c(SC)cc(Oc2ccccc2)c2cc(Cl)ccc12. The van der Waals surface area contributed by atoms with Crippen molar-refractivity contribution in [3.63, 3.8) is 0 Å². The molecule has 0 saturated carbocycles. The van der Waals surface area contributed by atoms with Gasteiger partial charge in [-0.1, -0.05) is 36.4 Å². The molecule has 3 aromatic rings. The molecule has 0 heterocycles. The third kappa shape index (κ3) is 3.81. The van der Waals surface area contributed by atoms with Crippen LogP contribution in [0.4, 0.5) is 0 Å². The summed E-state index contributed by atoms with van der Waals surface area (Å²) in [7, 11) is 0. The molecule has 0 unspecified atom stereocenters. The van der Waals surface area contributed by atoms with Crippen molar-refractivity contribution in [3.8, 4) is 17.2 Å². The molecule has 126 valence electrons. The Balaban J connectivity index is 2.20. The number of para-hydroxylation sites is 1. The number of benzene rings is 3. The van der Waals surface area contributed by atoms with Crippen molar-refractivity contribution in [3.05, 3.63) is 72.3 Å². The van der Waals surface area contributed by atoms with Gasteiger partial charge >= 0.3 is 5.97 Å². The molecule has 0 aliphatic rings. The van der Waals surface area contributed by atoms with Crippen LogP contribution in [0.15, 0.2) is 72.1 Å². The van der Waals surface area contributed by atoms with E-state index in [-0.39, 0.29) is 0 Å². The van der Waals surface area contributed by atoms with Crippen LogP contribution in [0.5, 0.6) is 17.2 Å². The molecule has 25 heavy (non-hydrogen) atoms. The van der Waals surface area contributed by atoms with E-state index in [1.807, 2.05) is 48.7 Å². The Labute approximate surface area is 155 Å². The summed E-state index contributed by atoms with van der Waals surface area (Å²) in [5, 5.41) is 2.08. The van der Waals surface area contributed by atoms with E-state index in [1.54, 1.807) is 12.1 Å². The quantitative estimate of drug-likeness (QED) is 0.235. The molecule has 0 N–H and O–H groups in total. The average Bonchev–Trinajstić information content (AvgIpc) is 2.64. The summed E-state index contributed by atoms with van der Waals surface area (Å²) in [6.07, 6.45) is 3.05. The fourth-order valence-corrected chi connectivity index (χ4v) is 3.15. The van der Waals surface area contributed by atoms with Crippen molar-refractivity contribution in [1.82, 2.24) is 0 Å². The Bertz CT molecular complexity index is 939. The van der Waals surface area contributed by atoms with Gasteiger partial charge in [0.15, 0.2) is 5.75 Å². The third-order valence-electron chi connectivity index (χ3n) is 3.54. The minimum atomic E-state index is -0.511. The van der Waals surface area contributed by atoms with E-state index in [2.05, 4.69) is 6.58 Å². The first-order valence-electron chi connectivity index (χ1n) is 7.49. The first-order valence-corrected chi connectivity index (χ1v) is 9.10. The molecule has 0 radical (unpaired) electrons. The third-order valence-corrected chi connectivity index (χ3v) is 4.52. The second kappa shape index (κ2) is 7.64. The molecule has 0 atom stereocenters. The highest BCUT2D eigenvalue weighted by Crippen LogP contribution is 2.43. The van der Waals surface area contributed by atoms with Crippen LogP contribution in [-0.2, 0) is 4.79 Å². The number of fused-ring (bicyclic) bond motifs is 1. The number of thioether (sulfide) groups is 1. The van der Waals surface area contributed by atoms with Crippen LogP contribution in [0, 0.1) is 0 Å². The smallest absolute Gasteiger partial charge is 0.335 e. The summed E-state index contributed by atoms with van der Waals surface area (Å²) < 4.78 is 11.5. The Morgan fingerprint density at radius 2 is 1.88 bits per heavy atom. The minimum absolute atomic E-state index is 0.476. The normalized spacial score (nSPS) is 10.5. The number of carbonyl (C=O) groups excluding carboxylic acids is 1. The van der Waals surface area contributed by atoms with Crippen molar-refractivity contribution in [2.24, 2.45) is 0 Å². The number of halogens is 1. The van der Waals surface area contributed by atoms with Crippen molar-refractivity contribution >= 4 is 40.1 Å². The summed E-state index contributed by atoms with van der Waals surface area (Å²) in [5.74, 6) is 1.32. The summed E-state index contributed by atoms with van der Waals surface area (Å²) in [6, 6.07) is 16.7. The molecule has 0 amide bonds. The molecule has 0 aliphatic carbocycles. The maximum atomic E-state index is 11.7. The van der Waals surface area contributed by atoms with E-state index in [0.29, 0.717) is 22.3 Å². The van der Waals surface area contributed by atoms with Crippen LogP contribution in [0.1, 0.15) is 0 Å². The minimum Gasteiger partial charge on any atom is -0.457 e. The molecule has 0 aromatic heterocycles. The highest BCUT2D eigenvalue weighted by atomic mass is 35.5. The second-order valence-electron chi connectivity index (χ2n) is 5.14. The summed E-state index contributed by atoms with van der Waals surface area (Å²) in [4.78, 5) is 12.5. The lowest BCUT2D eigenvalue weighted by atomic mass is 10.1. The lowest BCUT2D eigenvalue weighted by Crippen LogP contribution is -2.05. The summed E-state index contributed by atoms with van der Waals surface area (Å²) in [5.41, 5.74) is 0. The summed E-state index contributed by atoms with van der Waals surface area (Å²) >= 11 is 7.64. The standard InChI is InChI=1S/C20H15ClO3S/c1-3-19(22)24-20-15-10-9-13(21)11-16(15)17(12-18(20)25-2)23-14-7-5-4-6-8-14/h3-12H,1H2,2H3. The molecule has 0 fully saturated rings. The number of rotatable bonds is 5. The molecular formula is C20H15ClO3S. The Morgan fingerprint density at radius 3 is 2.56 bits per heavy atom. The number of esters is 1. The van der Waals surface area contributed by atoms with Gasteiger partial charge in [-0.25, -0.2) is 4.79 Å². The second-order valence-corrected chi connectivity index (χ2v) is 6.42. The fraction of sp³-hybridized carbons (Fsp3) is 0.0500. The molecule has 3 nitrogen and oxygen atoms in total. The van der Waals surface area contributed by atoms with Crippen molar-refractivity contribution in [1.29, 1.82) is 0 Å². The van der Waals surface area contributed by atoms with Crippen molar-refractivity contribution < 1.29 is 14.3 Å². The van der Waals surface area contributed by atoms with Gasteiger partial charge in [0.1, 0.15) is 11.5 Å². The molecule has 0 spiro atoms. The monoisotopic (exact) mass is 370 g/mol. The largest absolute Gasteiger partial charge is 0.457 e. The zero-order chi connectivity index (χ0) is 17.8. The average molecular weight is 371 g/mol. The van der Waals surface area contributed by atoms with Gasteiger partial charge in [-0.3, -0.25) is 0 Å². The molecular weight excluding hydrogens is 356 g/mol. The Kier molecular flexibility index (Phi) is 5.31. The predicted octanol–water partition coefficient (Wildman–Crippen LogP) is 6.10. The van der Waals surface area contributed by atoms with Gasteiger partial charge < -0.3 is 9.47 Å². The van der Waals surface area contributed by atoms with E-state index < -0.39 is 5.97 Å². The van der Waals surface area contributed by atoms with E-state index in [4.69, 9.17) is 21.1 Å². The van der Waals surface area contributed by atoms with Crippen molar-refractivity contribution in [2.75, 3.05) is 6.26 Å². The molecule has 0 saturated heterocycles. The fourth-order valence-electron chi connectivity index (χ4n) is 2.41. The zero-order valence-electron chi connectivity index (χ0n) is 13.5. The van der Waals surface area contributed by atoms with Gasteiger partial charge in [0, 0.05) is 21.9 Å². The summed E-state index contributed by atoms with van der Waals surface area (Å²) in [6.45, 7) is 3.45. The number of carbonyl (C=O) groups is 1. The maximum absolute atomic E-state index is 11.7. The maximum Gasteiger partial charge on any atom is 0.335 e.